The molecule has 0 aromatic heterocycles. The highest BCUT2D eigenvalue weighted by atomic mass is 31.1. The van der Waals surface area contributed by atoms with Crippen LogP contribution in [0.3, 0.4) is 0 Å². The first-order valence-corrected chi connectivity index (χ1v) is 9.57. The second-order valence-corrected chi connectivity index (χ2v) is 8.42. The third kappa shape index (κ3) is 4.86. The molecule has 4 nitrogen and oxygen atoms in total. The maximum absolute atomic E-state index is 11.5. The molecule has 0 aromatic rings. The van der Waals surface area contributed by atoms with Crippen LogP contribution in [0.25, 0.3) is 0 Å². The van der Waals surface area contributed by atoms with Crippen LogP contribution in [0.2, 0.25) is 0 Å². The highest BCUT2D eigenvalue weighted by Crippen LogP contribution is 2.45. The van der Waals surface area contributed by atoms with E-state index in [2.05, 4.69) is 34.6 Å². The number of carbonyl (C=O) groups excluding carboxylic acids is 1. The molecule has 1 aliphatic carbocycles. The number of rotatable bonds is 8. The second-order valence-electron chi connectivity index (χ2n) is 6.06. The minimum Gasteiger partial charge on any atom is -0.462 e. The van der Waals surface area contributed by atoms with Crippen molar-refractivity contribution in [3.05, 3.63) is 0 Å². The van der Waals surface area contributed by atoms with E-state index in [9.17, 15) is 4.79 Å². The molecular formula is C13H26BO4P3. The maximum atomic E-state index is 11.5. The van der Waals surface area contributed by atoms with E-state index in [1.54, 1.807) is 0 Å². The molecule has 21 heavy (non-hydrogen) atoms. The molecule has 0 radical (unpaired) electrons. The molecule has 3 unspecified atom stereocenters. The van der Waals surface area contributed by atoms with Gasteiger partial charge in [0.15, 0.2) is 0 Å². The first kappa shape index (κ1) is 18.1. The standard InChI is InChI=1S/C13H26BO4P3/c1-2-3-8(18-21)4-5-9-10-6-13(15)16-11(10)7-12(9)17-14(19)20/h8-12H,2-7,19-21H2,1H3/t8-,9+,10+,11-,12+/m0/s1. The van der Waals surface area contributed by atoms with Gasteiger partial charge >= 0.3 is 12.3 Å². The molecule has 8 atom stereocenters. The number of ether oxygens (including phenoxy) is 1. The predicted molar refractivity (Wildman–Crippen MR) is 94.9 cm³/mol. The zero-order valence-electron chi connectivity index (χ0n) is 12.6. The Labute approximate surface area is 134 Å². The fourth-order valence-electron chi connectivity index (χ4n) is 3.70. The van der Waals surface area contributed by atoms with Crippen molar-refractivity contribution in [3.8, 4) is 0 Å². The minimum atomic E-state index is -0.0471. The van der Waals surface area contributed by atoms with Crippen LogP contribution in [0, 0.1) is 11.8 Å². The molecule has 2 rings (SSSR count). The third-order valence-corrected chi connectivity index (χ3v) is 5.31. The van der Waals surface area contributed by atoms with Gasteiger partial charge in [0.2, 0.25) is 0 Å². The van der Waals surface area contributed by atoms with E-state index in [1.165, 1.54) is 0 Å². The summed E-state index contributed by atoms with van der Waals surface area (Å²) in [5, 5.41) is 0. The number of carbonyl (C=O) groups is 1. The lowest BCUT2D eigenvalue weighted by molar-refractivity contribution is -0.141. The average molecular weight is 350 g/mol. The van der Waals surface area contributed by atoms with Gasteiger partial charge in [-0.05, 0) is 25.2 Å². The van der Waals surface area contributed by atoms with Crippen molar-refractivity contribution >= 4 is 40.0 Å². The van der Waals surface area contributed by atoms with Crippen molar-refractivity contribution in [2.75, 3.05) is 0 Å². The van der Waals surface area contributed by atoms with Gasteiger partial charge in [0.25, 0.3) is 0 Å². The Morgan fingerprint density at radius 3 is 2.81 bits per heavy atom. The Morgan fingerprint density at radius 1 is 1.43 bits per heavy atom. The molecule has 0 bridgehead atoms. The van der Waals surface area contributed by atoms with Crippen LogP contribution in [-0.2, 0) is 18.7 Å². The number of fused-ring (bicyclic) bond motifs is 1. The van der Waals surface area contributed by atoms with E-state index < -0.39 is 0 Å². The van der Waals surface area contributed by atoms with E-state index in [4.69, 9.17) is 13.9 Å². The zero-order valence-corrected chi connectivity index (χ0v) is 16.0. The SMILES string of the molecule is CCC[C@@H](CC[C@@H]1[C@H]2CC(=O)O[C@H]2C[C@H]1OB(P)P)OP. The van der Waals surface area contributed by atoms with Crippen molar-refractivity contribution in [2.45, 2.75) is 63.8 Å². The van der Waals surface area contributed by atoms with E-state index >= 15 is 0 Å². The highest BCUT2D eigenvalue weighted by Gasteiger charge is 2.50. The van der Waals surface area contributed by atoms with Crippen LogP contribution in [0.1, 0.15) is 45.4 Å². The van der Waals surface area contributed by atoms with Gasteiger partial charge in [-0.1, -0.05) is 13.3 Å². The van der Waals surface area contributed by atoms with Crippen molar-refractivity contribution < 1.29 is 18.7 Å². The number of hydrogen-bond acceptors (Lipinski definition) is 4. The first-order chi connectivity index (χ1) is 10.0. The Hall–Kier alpha value is 0.745. The zero-order chi connectivity index (χ0) is 15.4. The van der Waals surface area contributed by atoms with Gasteiger partial charge in [-0.2, -0.15) is 0 Å². The van der Waals surface area contributed by atoms with Gasteiger partial charge in [-0.15, -0.1) is 18.2 Å². The molecule has 0 N–H and O–H groups in total. The Balaban J connectivity index is 1.95. The second kappa shape index (κ2) is 8.56. The molecule has 0 amide bonds. The monoisotopic (exact) mass is 350 g/mol. The Morgan fingerprint density at radius 2 is 2.19 bits per heavy atom. The van der Waals surface area contributed by atoms with Gasteiger partial charge < -0.3 is 13.9 Å². The molecule has 1 saturated carbocycles. The Bertz CT molecular complexity index is 358. The highest BCUT2D eigenvalue weighted by molar-refractivity contribution is 7.92. The molecule has 2 fully saturated rings. The summed E-state index contributed by atoms with van der Waals surface area (Å²) >= 11 is 0. The smallest absolute Gasteiger partial charge is 0.336 e. The van der Waals surface area contributed by atoms with Gasteiger partial charge in [0.1, 0.15) is 6.10 Å². The van der Waals surface area contributed by atoms with Crippen molar-refractivity contribution in [3.63, 3.8) is 0 Å². The summed E-state index contributed by atoms with van der Waals surface area (Å²) in [7, 11) is 7.69. The number of esters is 1. The maximum Gasteiger partial charge on any atom is 0.336 e. The minimum absolute atomic E-state index is 0.0471. The van der Waals surface area contributed by atoms with Crippen LogP contribution >= 0.6 is 27.7 Å². The van der Waals surface area contributed by atoms with Crippen LogP contribution < -0.4 is 0 Å². The normalized spacial score (nSPS) is 32.9. The van der Waals surface area contributed by atoms with E-state index in [0.717, 1.165) is 32.1 Å². The van der Waals surface area contributed by atoms with Gasteiger partial charge in [-0.3, -0.25) is 4.79 Å². The third-order valence-electron chi connectivity index (χ3n) is 4.61. The van der Waals surface area contributed by atoms with Gasteiger partial charge in [-0.25, -0.2) is 0 Å². The van der Waals surface area contributed by atoms with Crippen LogP contribution in [0.4, 0.5) is 0 Å². The predicted octanol–water partition coefficient (Wildman–Crippen LogP) is 2.81. The van der Waals surface area contributed by atoms with Crippen molar-refractivity contribution in [2.24, 2.45) is 11.8 Å². The summed E-state index contributed by atoms with van der Waals surface area (Å²) < 4.78 is 16.9. The summed E-state index contributed by atoms with van der Waals surface area (Å²) in [4.78, 5) is 11.5. The van der Waals surface area contributed by atoms with Crippen LogP contribution in [0.5, 0.6) is 0 Å². The van der Waals surface area contributed by atoms with Crippen molar-refractivity contribution in [1.29, 1.82) is 0 Å². The van der Waals surface area contributed by atoms with Crippen LogP contribution in [0.15, 0.2) is 0 Å². The van der Waals surface area contributed by atoms with E-state index in [1.807, 2.05) is 0 Å². The van der Waals surface area contributed by atoms with Crippen molar-refractivity contribution in [1.82, 2.24) is 0 Å². The van der Waals surface area contributed by atoms with E-state index in [-0.39, 0.29) is 30.6 Å². The molecule has 120 valence electrons. The molecule has 0 spiro atoms. The molecule has 1 aliphatic heterocycles. The summed E-state index contributed by atoms with van der Waals surface area (Å²) in [5.41, 5.74) is 0. The topological polar surface area (TPSA) is 44.8 Å². The molecular weight excluding hydrogens is 324 g/mol. The van der Waals surface area contributed by atoms with Crippen LogP contribution in [-0.4, -0.2) is 30.6 Å². The summed E-state index contributed by atoms with van der Waals surface area (Å²) in [6.07, 6.45) is 6.19. The fraction of sp³-hybridized carbons (Fsp3) is 0.923. The largest absolute Gasteiger partial charge is 0.462 e. The molecule has 8 heteroatoms. The quantitative estimate of drug-likeness (QED) is 0.384. The molecule has 1 saturated heterocycles. The molecule has 1 heterocycles. The summed E-state index contributed by atoms with van der Waals surface area (Å²) in [6, 6.07) is 0. The summed E-state index contributed by atoms with van der Waals surface area (Å²) in [5.74, 6) is 0.668. The van der Waals surface area contributed by atoms with Gasteiger partial charge in [0.05, 0.1) is 12.5 Å². The number of hydrogen-bond donors (Lipinski definition) is 0. The lowest BCUT2D eigenvalue weighted by atomic mass is 9.86. The first-order valence-electron chi connectivity index (χ1n) is 7.76. The molecule has 2 aliphatic rings. The lowest BCUT2D eigenvalue weighted by Gasteiger charge is -2.26. The van der Waals surface area contributed by atoms with Gasteiger partial charge in [0, 0.05) is 27.9 Å². The lowest BCUT2D eigenvalue weighted by Crippen LogP contribution is -2.27. The summed E-state index contributed by atoms with van der Waals surface area (Å²) in [6.45, 7) is 2.17. The average Bonchev–Trinajstić information content (AvgIpc) is 2.90. The fourth-order valence-corrected chi connectivity index (χ4v) is 4.37. The van der Waals surface area contributed by atoms with E-state index in [0.29, 0.717) is 18.3 Å². The Kier molecular flexibility index (Phi) is 7.37. The molecule has 0 aromatic carbocycles.